The summed E-state index contributed by atoms with van der Waals surface area (Å²) >= 11 is 3.40. The molecule has 0 saturated heterocycles. The van der Waals surface area contributed by atoms with Gasteiger partial charge in [-0.1, -0.05) is 40.2 Å². The van der Waals surface area contributed by atoms with Gasteiger partial charge in [-0.05, 0) is 18.2 Å². The predicted molar refractivity (Wildman–Crippen MR) is 66.6 cm³/mol. The lowest BCUT2D eigenvalue weighted by molar-refractivity contribution is 0.112. The highest BCUT2D eigenvalue weighted by Gasteiger charge is 2.07. The summed E-state index contributed by atoms with van der Waals surface area (Å²) in [4.78, 5) is 10.7. The molecule has 0 atom stereocenters. The molecule has 80 valence electrons. The second kappa shape index (κ2) is 4.49. The summed E-state index contributed by atoms with van der Waals surface area (Å²) in [5, 5.41) is 9.74. The monoisotopic (exact) mass is 276 g/mol. The molecule has 1 N–H and O–H groups in total. The van der Waals surface area contributed by atoms with Gasteiger partial charge in [0.05, 0.1) is 0 Å². The molecule has 0 aliphatic rings. The van der Waals surface area contributed by atoms with Gasteiger partial charge in [0, 0.05) is 21.2 Å². The summed E-state index contributed by atoms with van der Waals surface area (Å²) < 4.78 is 0.847. The lowest BCUT2D eigenvalue weighted by Crippen LogP contribution is -1.85. The fourth-order valence-corrected chi connectivity index (χ4v) is 1.98. The van der Waals surface area contributed by atoms with Crippen LogP contribution in [-0.4, -0.2) is 11.4 Å². The molecule has 0 bridgehead atoms. The van der Waals surface area contributed by atoms with Gasteiger partial charge in [0.25, 0.3) is 0 Å². The summed E-state index contributed by atoms with van der Waals surface area (Å²) in [6.07, 6.45) is 0.788. The zero-order valence-electron chi connectivity index (χ0n) is 8.35. The molecule has 0 heterocycles. The average Bonchev–Trinajstić information content (AvgIpc) is 2.31. The molecule has 2 aromatic rings. The maximum absolute atomic E-state index is 10.7. The van der Waals surface area contributed by atoms with Gasteiger partial charge in [-0.3, -0.25) is 4.79 Å². The minimum Gasteiger partial charge on any atom is -0.507 e. The van der Waals surface area contributed by atoms with Crippen molar-refractivity contribution in [2.45, 2.75) is 0 Å². The molecule has 16 heavy (non-hydrogen) atoms. The molecule has 0 aliphatic carbocycles. The van der Waals surface area contributed by atoms with Crippen molar-refractivity contribution in [3.63, 3.8) is 0 Å². The van der Waals surface area contributed by atoms with Gasteiger partial charge < -0.3 is 5.11 Å². The van der Waals surface area contributed by atoms with E-state index in [0.717, 1.165) is 16.3 Å². The summed E-state index contributed by atoms with van der Waals surface area (Å²) in [5.41, 5.74) is 2.10. The van der Waals surface area contributed by atoms with Gasteiger partial charge in [0.2, 0.25) is 0 Å². The molecule has 0 radical (unpaired) electrons. The van der Waals surface area contributed by atoms with Crippen LogP contribution in [0.15, 0.2) is 46.9 Å². The third kappa shape index (κ3) is 1.99. The van der Waals surface area contributed by atoms with Crippen LogP contribution in [0.4, 0.5) is 0 Å². The third-order valence-electron chi connectivity index (χ3n) is 2.32. The van der Waals surface area contributed by atoms with Crippen LogP contribution in [-0.2, 0) is 0 Å². The number of aldehydes is 1. The van der Waals surface area contributed by atoms with Gasteiger partial charge in [-0.15, -0.1) is 0 Å². The molecule has 0 aromatic heterocycles. The molecular weight excluding hydrogens is 268 g/mol. The SMILES string of the molecule is O=Cc1ccc(Br)c(-c2ccccc2O)c1. The normalized spacial score (nSPS) is 10.1. The molecule has 0 amide bonds. The summed E-state index contributed by atoms with van der Waals surface area (Å²) in [7, 11) is 0. The van der Waals surface area contributed by atoms with Crippen LogP contribution in [0.5, 0.6) is 5.75 Å². The van der Waals surface area contributed by atoms with E-state index in [-0.39, 0.29) is 5.75 Å². The smallest absolute Gasteiger partial charge is 0.150 e. The standard InChI is InChI=1S/C13H9BrO2/c14-12-6-5-9(8-15)7-11(12)10-3-1-2-4-13(10)16/h1-8,16H. The second-order valence-electron chi connectivity index (χ2n) is 3.37. The fourth-order valence-electron chi connectivity index (χ4n) is 1.52. The molecule has 2 rings (SSSR count). The Labute approximate surface area is 102 Å². The van der Waals surface area contributed by atoms with E-state index >= 15 is 0 Å². The van der Waals surface area contributed by atoms with Gasteiger partial charge in [0.1, 0.15) is 12.0 Å². The van der Waals surface area contributed by atoms with Crippen LogP contribution in [0.1, 0.15) is 10.4 Å². The lowest BCUT2D eigenvalue weighted by atomic mass is 10.0. The van der Waals surface area contributed by atoms with Crippen LogP contribution in [0.3, 0.4) is 0 Å². The molecule has 2 nitrogen and oxygen atoms in total. The Morgan fingerprint density at radius 1 is 1.06 bits per heavy atom. The number of phenols is 1. The minimum atomic E-state index is 0.200. The zero-order valence-corrected chi connectivity index (χ0v) is 9.94. The summed E-state index contributed by atoms with van der Waals surface area (Å²) in [6.45, 7) is 0. The van der Waals surface area contributed by atoms with Crippen molar-refractivity contribution >= 4 is 22.2 Å². The Bertz CT molecular complexity index is 535. The fraction of sp³-hybridized carbons (Fsp3) is 0. The molecule has 0 saturated carbocycles. The van der Waals surface area contributed by atoms with E-state index in [0.29, 0.717) is 11.1 Å². The first-order valence-electron chi connectivity index (χ1n) is 4.75. The Morgan fingerprint density at radius 2 is 1.81 bits per heavy atom. The number of rotatable bonds is 2. The largest absolute Gasteiger partial charge is 0.507 e. The Hall–Kier alpha value is -1.61. The number of hydrogen-bond donors (Lipinski definition) is 1. The number of carbonyl (C=O) groups is 1. The number of hydrogen-bond acceptors (Lipinski definition) is 2. The van der Waals surface area contributed by atoms with Crippen molar-refractivity contribution in [2.75, 3.05) is 0 Å². The van der Waals surface area contributed by atoms with E-state index in [1.807, 2.05) is 12.1 Å². The first-order chi connectivity index (χ1) is 7.72. The number of para-hydroxylation sites is 1. The van der Waals surface area contributed by atoms with Gasteiger partial charge in [0.15, 0.2) is 0 Å². The number of benzene rings is 2. The molecule has 0 fully saturated rings. The predicted octanol–water partition coefficient (Wildman–Crippen LogP) is 3.63. The molecule has 2 aromatic carbocycles. The Morgan fingerprint density at radius 3 is 2.50 bits per heavy atom. The van der Waals surface area contributed by atoms with Crippen molar-refractivity contribution in [3.05, 3.63) is 52.5 Å². The minimum absolute atomic E-state index is 0.200. The van der Waals surface area contributed by atoms with E-state index in [1.165, 1.54) is 0 Å². The van der Waals surface area contributed by atoms with Crippen LogP contribution < -0.4 is 0 Å². The van der Waals surface area contributed by atoms with Crippen molar-refractivity contribution in [3.8, 4) is 16.9 Å². The highest BCUT2D eigenvalue weighted by Crippen LogP contribution is 2.34. The van der Waals surface area contributed by atoms with Crippen molar-refractivity contribution < 1.29 is 9.90 Å². The highest BCUT2D eigenvalue weighted by atomic mass is 79.9. The van der Waals surface area contributed by atoms with E-state index in [1.54, 1.807) is 30.3 Å². The van der Waals surface area contributed by atoms with E-state index in [9.17, 15) is 9.90 Å². The van der Waals surface area contributed by atoms with E-state index in [4.69, 9.17) is 0 Å². The zero-order chi connectivity index (χ0) is 11.5. The summed E-state index contributed by atoms with van der Waals surface area (Å²) in [5.74, 6) is 0.200. The second-order valence-corrected chi connectivity index (χ2v) is 4.23. The number of carbonyl (C=O) groups excluding carboxylic acids is 1. The first kappa shape index (κ1) is 10.9. The van der Waals surface area contributed by atoms with Gasteiger partial charge in [-0.25, -0.2) is 0 Å². The molecule has 0 unspecified atom stereocenters. The quantitative estimate of drug-likeness (QED) is 0.851. The van der Waals surface area contributed by atoms with Crippen LogP contribution >= 0.6 is 15.9 Å². The highest BCUT2D eigenvalue weighted by molar-refractivity contribution is 9.10. The molecule has 0 aliphatic heterocycles. The average molecular weight is 277 g/mol. The third-order valence-corrected chi connectivity index (χ3v) is 3.01. The maximum atomic E-state index is 10.7. The van der Waals surface area contributed by atoms with Crippen molar-refractivity contribution in [1.29, 1.82) is 0 Å². The van der Waals surface area contributed by atoms with Crippen molar-refractivity contribution in [1.82, 2.24) is 0 Å². The molecule has 3 heteroatoms. The Kier molecular flexibility index (Phi) is 3.06. The van der Waals surface area contributed by atoms with Crippen LogP contribution in [0.25, 0.3) is 11.1 Å². The first-order valence-corrected chi connectivity index (χ1v) is 5.55. The topological polar surface area (TPSA) is 37.3 Å². The molecular formula is C13H9BrO2. The van der Waals surface area contributed by atoms with Crippen LogP contribution in [0.2, 0.25) is 0 Å². The van der Waals surface area contributed by atoms with Crippen molar-refractivity contribution in [2.24, 2.45) is 0 Å². The number of phenolic OH excluding ortho intramolecular Hbond substituents is 1. The maximum Gasteiger partial charge on any atom is 0.150 e. The summed E-state index contributed by atoms with van der Waals surface area (Å²) in [6, 6.07) is 12.3. The molecule has 0 spiro atoms. The van der Waals surface area contributed by atoms with E-state index < -0.39 is 0 Å². The Balaban J connectivity index is 2.63. The van der Waals surface area contributed by atoms with Gasteiger partial charge >= 0.3 is 0 Å². The number of halogens is 1. The van der Waals surface area contributed by atoms with E-state index in [2.05, 4.69) is 15.9 Å². The van der Waals surface area contributed by atoms with Gasteiger partial charge in [-0.2, -0.15) is 0 Å². The number of aromatic hydroxyl groups is 1. The van der Waals surface area contributed by atoms with Crippen LogP contribution in [0, 0.1) is 0 Å². The lowest BCUT2D eigenvalue weighted by Gasteiger charge is -2.07.